The van der Waals surface area contributed by atoms with E-state index < -0.39 is 4.92 Å². The van der Waals surface area contributed by atoms with Crippen molar-refractivity contribution in [2.24, 2.45) is 0 Å². The first-order valence-electron chi connectivity index (χ1n) is 10.7. The minimum absolute atomic E-state index is 0.0646. The second-order valence-corrected chi connectivity index (χ2v) is 10.4. The molecule has 0 saturated carbocycles. The van der Waals surface area contributed by atoms with Crippen molar-refractivity contribution in [1.82, 2.24) is 4.57 Å². The molecule has 1 N–H and O–H groups in total. The number of carbonyl (C=O) groups is 1. The lowest BCUT2D eigenvalue weighted by atomic mass is 10.1. The van der Waals surface area contributed by atoms with Crippen LogP contribution in [0, 0.1) is 10.1 Å². The normalized spacial score (nSPS) is 12.4. The van der Waals surface area contributed by atoms with Crippen LogP contribution < -0.4 is 19.7 Å². The number of Topliss-reactive ketones (excluding diaryl/α,β-unsaturated/α-hetero) is 1. The first-order valence-corrected chi connectivity index (χ1v) is 12.8. The third kappa shape index (κ3) is 5.03. The Morgan fingerprint density at radius 1 is 1.03 bits per heavy atom. The average molecular weight is 535 g/mol. The fourth-order valence-electron chi connectivity index (χ4n) is 3.66. The molecule has 5 rings (SSSR count). The summed E-state index contributed by atoms with van der Waals surface area (Å²) in [5.41, 5.74) is 1.53. The number of thiazole rings is 2. The largest absolute Gasteiger partial charge is 0.292 e. The summed E-state index contributed by atoms with van der Waals surface area (Å²) in [4.78, 5) is 40.4. The van der Waals surface area contributed by atoms with Gasteiger partial charge >= 0.3 is 0 Å². The highest BCUT2D eigenvalue weighted by Crippen LogP contribution is 2.18. The second-order valence-electron chi connectivity index (χ2n) is 7.85. The Kier molecular flexibility index (Phi) is 6.60. The van der Waals surface area contributed by atoms with Gasteiger partial charge in [-0.2, -0.15) is 4.98 Å². The fraction of sp³-hybridized carbons (Fsp3) is 0.0385. The number of nitro benzene ring substituents is 1. The highest BCUT2D eigenvalue weighted by Gasteiger charge is 2.15. The van der Waals surface area contributed by atoms with E-state index in [4.69, 9.17) is 11.6 Å². The van der Waals surface area contributed by atoms with Crippen LogP contribution in [0.4, 0.5) is 5.69 Å². The van der Waals surface area contributed by atoms with Gasteiger partial charge in [-0.3, -0.25) is 24.3 Å². The number of aromatic amines is 1. The molecule has 0 unspecified atom stereocenters. The number of rotatable bonds is 6. The van der Waals surface area contributed by atoms with Crippen molar-refractivity contribution < 1.29 is 14.7 Å². The van der Waals surface area contributed by atoms with Crippen LogP contribution in [0.15, 0.2) is 77.6 Å². The Morgan fingerprint density at radius 2 is 1.81 bits per heavy atom. The van der Waals surface area contributed by atoms with Crippen molar-refractivity contribution in [3.05, 3.63) is 124 Å². The molecule has 2 aromatic heterocycles. The first-order chi connectivity index (χ1) is 17.4. The summed E-state index contributed by atoms with van der Waals surface area (Å²) in [6.07, 6.45) is 3.45. The molecular weight excluding hydrogens is 518 g/mol. The predicted molar refractivity (Wildman–Crippen MR) is 142 cm³/mol. The smallest absolute Gasteiger partial charge is 0.270 e. The number of hydrogen-bond donors (Lipinski definition) is 0. The van der Waals surface area contributed by atoms with E-state index in [0.717, 1.165) is 15.2 Å². The molecule has 0 saturated heterocycles. The van der Waals surface area contributed by atoms with Gasteiger partial charge in [-0.05, 0) is 42.0 Å². The summed E-state index contributed by atoms with van der Waals surface area (Å²) in [6.45, 7) is -0.156. The molecule has 178 valence electrons. The summed E-state index contributed by atoms with van der Waals surface area (Å²) in [5, 5.41) is 12.5. The van der Waals surface area contributed by atoms with Gasteiger partial charge in [0.25, 0.3) is 16.3 Å². The van der Waals surface area contributed by atoms with E-state index in [9.17, 15) is 19.7 Å². The molecule has 0 fully saturated rings. The lowest BCUT2D eigenvalue weighted by Crippen LogP contribution is -2.34. The van der Waals surface area contributed by atoms with Crippen LogP contribution in [0.25, 0.3) is 22.4 Å². The van der Waals surface area contributed by atoms with Gasteiger partial charge in [-0.1, -0.05) is 47.2 Å². The number of benzene rings is 3. The molecule has 2 heterocycles. The summed E-state index contributed by atoms with van der Waals surface area (Å²) in [7, 11) is 0. The number of nitro groups is 1. The average Bonchev–Trinajstić information content (AvgIpc) is 3.40. The van der Waals surface area contributed by atoms with Gasteiger partial charge in [-0.25, -0.2) is 0 Å². The van der Waals surface area contributed by atoms with E-state index >= 15 is 0 Å². The Bertz CT molecular complexity index is 1770. The maximum absolute atomic E-state index is 13.4. The van der Waals surface area contributed by atoms with Gasteiger partial charge in [0.05, 0.1) is 22.1 Å². The van der Waals surface area contributed by atoms with Gasteiger partial charge < -0.3 is 0 Å². The molecule has 7 nitrogen and oxygen atoms in total. The van der Waals surface area contributed by atoms with Crippen LogP contribution in [-0.2, 0) is 6.54 Å². The van der Waals surface area contributed by atoms with Crippen LogP contribution in [-0.4, -0.2) is 15.3 Å². The molecule has 5 aromatic rings. The van der Waals surface area contributed by atoms with E-state index in [1.807, 2.05) is 30.3 Å². The Labute approximate surface area is 217 Å². The van der Waals surface area contributed by atoms with E-state index in [1.165, 1.54) is 39.4 Å². The number of nitrogens with zero attached hydrogens (tertiary/aromatic N) is 2. The van der Waals surface area contributed by atoms with Crippen LogP contribution in [0.2, 0.25) is 5.02 Å². The van der Waals surface area contributed by atoms with Crippen LogP contribution in [0.3, 0.4) is 0 Å². The number of ketones is 1. The summed E-state index contributed by atoms with van der Waals surface area (Å²) in [6, 6.07) is 20.4. The zero-order chi connectivity index (χ0) is 25.2. The number of aromatic nitrogens is 2. The number of non-ortho nitro benzene ring substituents is 1. The number of nitrogens with one attached hydrogen (secondary N) is 1. The molecule has 36 heavy (non-hydrogen) atoms. The van der Waals surface area contributed by atoms with Crippen molar-refractivity contribution >= 4 is 68.1 Å². The first kappa shape index (κ1) is 23.8. The lowest BCUT2D eigenvalue weighted by Gasteiger charge is -2.02. The zero-order valence-corrected chi connectivity index (χ0v) is 20.9. The number of fused-ring (bicyclic) bond motifs is 1. The summed E-state index contributed by atoms with van der Waals surface area (Å²) >= 11 is 8.70. The Balaban J connectivity index is 1.64. The van der Waals surface area contributed by atoms with Crippen molar-refractivity contribution in [2.45, 2.75) is 6.54 Å². The summed E-state index contributed by atoms with van der Waals surface area (Å²) < 4.78 is 3.45. The summed E-state index contributed by atoms with van der Waals surface area (Å²) in [5.74, 6) is -0.233. The number of halogens is 1. The quantitative estimate of drug-likeness (QED) is 0.186. The van der Waals surface area contributed by atoms with E-state index in [0.29, 0.717) is 25.3 Å². The van der Waals surface area contributed by atoms with Gasteiger partial charge in [0.15, 0.2) is 5.78 Å². The maximum Gasteiger partial charge on any atom is 0.270 e. The van der Waals surface area contributed by atoms with Gasteiger partial charge in [0.1, 0.15) is 9.36 Å². The molecule has 0 aliphatic heterocycles. The standard InChI is InChI=1S/C26H16ClN3O4S2/c27-18-10-8-17(9-11-18)21(31)15-29-25(14-24-28-20-6-1-2-7-22(20)35-24)36-23(26(29)32)13-16-4-3-5-19(12-16)30(33)34/h1-14H,15H2/p+1/b23-13-,25-14-. The van der Waals surface area contributed by atoms with Crippen molar-refractivity contribution in [2.75, 3.05) is 0 Å². The van der Waals surface area contributed by atoms with Crippen LogP contribution in [0.1, 0.15) is 20.9 Å². The second kappa shape index (κ2) is 9.98. The number of para-hydroxylation sites is 1. The minimum atomic E-state index is -0.481. The highest BCUT2D eigenvalue weighted by atomic mass is 35.5. The minimum Gasteiger partial charge on any atom is -0.292 e. The topological polar surface area (TPSA) is 96.3 Å². The van der Waals surface area contributed by atoms with Crippen molar-refractivity contribution in [1.29, 1.82) is 0 Å². The van der Waals surface area contributed by atoms with Gasteiger partial charge in [0, 0.05) is 28.8 Å². The predicted octanol–water partition coefficient (Wildman–Crippen LogP) is 4.04. The molecule has 0 spiro atoms. The molecule has 0 aliphatic carbocycles. The molecule has 0 aliphatic rings. The van der Waals surface area contributed by atoms with Crippen LogP contribution >= 0.6 is 34.3 Å². The third-order valence-electron chi connectivity index (χ3n) is 5.40. The molecule has 0 bridgehead atoms. The fourth-order valence-corrected chi connectivity index (χ4v) is 5.85. The molecule has 10 heteroatoms. The molecule has 0 radical (unpaired) electrons. The van der Waals surface area contributed by atoms with Gasteiger partial charge in [0.2, 0.25) is 5.52 Å². The third-order valence-corrected chi connectivity index (χ3v) is 7.73. The van der Waals surface area contributed by atoms with Crippen LogP contribution in [0.5, 0.6) is 0 Å². The molecule has 0 amide bonds. The van der Waals surface area contributed by atoms with Crippen molar-refractivity contribution in [3.63, 3.8) is 0 Å². The number of H-pyrrole nitrogens is 1. The lowest BCUT2D eigenvalue weighted by molar-refractivity contribution is -0.384. The van der Waals surface area contributed by atoms with E-state index in [-0.39, 0.29) is 23.6 Å². The van der Waals surface area contributed by atoms with Gasteiger partial charge in [-0.15, -0.1) is 11.3 Å². The Hall–Kier alpha value is -3.92. The molecule has 0 atom stereocenters. The zero-order valence-electron chi connectivity index (χ0n) is 18.5. The highest BCUT2D eigenvalue weighted by molar-refractivity contribution is 7.19. The number of carbonyl (C=O) groups excluding carboxylic acids is 1. The maximum atomic E-state index is 13.4. The Morgan fingerprint density at radius 3 is 2.56 bits per heavy atom. The SMILES string of the molecule is O=C(Cn1c(=O)/c(=C/c2cccc([N+](=O)[O-])c2)s/c1=C\c1[nH+]c2ccccc2s1)c1ccc(Cl)cc1. The molecular formula is C26H17ClN3O4S2+. The molecule has 3 aromatic carbocycles. The van der Waals surface area contributed by atoms with E-state index in [2.05, 4.69) is 4.98 Å². The monoisotopic (exact) mass is 534 g/mol. The van der Waals surface area contributed by atoms with Crippen molar-refractivity contribution in [3.8, 4) is 0 Å². The number of hydrogen-bond acceptors (Lipinski definition) is 6. The van der Waals surface area contributed by atoms with E-state index in [1.54, 1.807) is 42.5 Å².